The van der Waals surface area contributed by atoms with E-state index < -0.39 is 0 Å². The predicted molar refractivity (Wildman–Crippen MR) is 99.6 cm³/mol. The summed E-state index contributed by atoms with van der Waals surface area (Å²) in [4.78, 5) is 4.39. The fraction of sp³-hybridized carbons (Fsp3) is 0.136. The van der Waals surface area contributed by atoms with Gasteiger partial charge in [0.1, 0.15) is 0 Å². The summed E-state index contributed by atoms with van der Waals surface area (Å²) in [6, 6.07) is 21.6. The van der Waals surface area contributed by atoms with Crippen molar-refractivity contribution in [2.45, 2.75) is 12.6 Å². The molecule has 0 radical (unpaired) electrons. The van der Waals surface area contributed by atoms with Gasteiger partial charge in [0, 0.05) is 29.8 Å². The molecule has 3 nitrogen and oxygen atoms in total. The first kappa shape index (κ1) is 14.4. The van der Waals surface area contributed by atoms with E-state index in [1.54, 1.807) is 7.11 Å². The summed E-state index contributed by atoms with van der Waals surface area (Å²) >= 11 is 0. The van der Waals surface area contributed by atoms with Crippen LogP contribution in [0.5, 0.6) is 0 Å². The average Bonchev–Trinajstić information content (AvgIpc) is 3.17. The van der Waals surface area contributed by atoms with Gasteiger partial charge in [0.25, 0.3) is 0 Å². The molecule has 0 bridgehead atoms. The monoisotopic (exact) mass is 326 g/mol. The Labute approximate surface area is 146 Å². The molecule has 1 aliphatic heterocycles. The third kappa shape index (κ3) is 1.99. The Bertz CT molecular complexity index is 1070. The third-order valence-electron chi connectivity index (χ3n) is 5.08. The topological polar surface area (TPSA) is 27.1 Å². The van der Waals surface area contributed by atoms with Gasteiger partial charge < -0.3 is 9.30 Å². The van der Waals surface area contributed by atoms with E-state index in [0.717, 1.165) is 5.52 Å². The zero-order valence-corrected chi connectivity index (χ0v) is 14.0. The summed E-state index contributed by atoms with van der Waals surface area (Å²) < 4.78 is 7.97. The van der Waals surface area contributed by atoms with Gasteiger partial charge in [-0.1, -0.05) is 54.6 Å². The maximum absolute atomic E-state index is 5.54. The first-order valence-electron chi connectivity index (χ1n) is 8.50. The quantitative estimate of drug-likeness (QED) is 0.476. The third-order valence-corrected chi connectivity index (χ3v) is 5.08. The summed E-state index contributed by atoms with van der Waals surface area (Å²) in [6.45, 7) is 0.596. The minimum absolute atomic E-state index is 0.171. The van der Waals surface area contributed by atoms with E-state index in [2.05, 4.69) is 70.2 Å². The molecule has 0 saturated carbocycles. The number of nitrogens with zero attached hydrogens (tertiary/aromatic N) is 2. The molecule has 122 valence electrons. The van der Waals surface area contributed by atoms with E-state index in [1.807, 2.05) is 12.4 Å². The van der Waals surface area contributed by atoms with E-state index >= 15 is 0 Å². The summed E-state index contributed by atoms with van der Waals surface area (Å²) in [5, 5.41) is 1.22. The molecular weight excluding hydrogens is 308 g/mol. The van der Waals surface area contributed by atoms with Crippen LogP contribution in [0, 0.1) is 0 Å². The maximum Gasteiger partial charge on any atom is 0.0852 e. The Morgan fingerprint density at radius 1 is 1.00 bits per heavy atom. The van der Waals surface area contributed by atoms with Crippen molar-refractivity contribution in [3.63, 3.8) is 0 Å². The van der Waals surface area contributed by atoms with E-state index in [9.17, 15) is 0 Å². The van der Waals surface area contributed by atoms with E-state index in [0.29, 0.717) is 6.61 Å². The van der Waals surface area contributed by atoms with Gasteiger partial charge >= 0.3 is 0 Å². The van der Waals surface area contributed by atoms with Crippen molar-refractivity contribution >= 4 is 10.9 Å². The van der Waals surface area contributed by atoms with Gasteiger partial charge in [0.05, 0.1) is 30.1 Å². The van der Waals surface area contributed by atoms with Crippen LogP contribution in [0.15, 0.2) is 73.1 Å². The minimum atomic E-state index is 0.171. The highest BCUT2D eigenvalue weighted by molar-refractivity contribution is 5.94. The molecule has 2 aromatic heterocycles. The number of fused-ring (bicyclic) bond motifs is 5. The second kappa shape index (κ2) is 5.57. The van der Waals surface area contributed by atoms with Gasteiger partial charge in [-0.05, 0) is 17.2 Å². The molecule has 0 amide bonds. The molecule has 0 saturated heterocycles. The number of benzene rings is 2. The normalized spacial score (nSPS) is 15.3. The second-order valence-electron chi connectivity index (χ2n) is 6.42. The van der Waals surface area contributed by atoms with E-state index in [-0.39, 0.29) is 6.04 Å². The first-order chi connectivity index (χ1) is 12.4. The lowest BCUT2D eigenvalue weighted by atomic mass is 9.95. The largest absolute Gasteiger partial charge is 0.380 e. The van der Waals surface area contributed by atoms with Gasteiger partial charge in [-0.3, -0.25) is 4.98 Å². The lowest BCUT2D eigenvalue weighted by Gasteiger charge is -2.17. The smallest absolute Gasteiger partial charge is 0.0852 e. The van der Waals surface area contributed by atoms with Gasteiger partial charge in [0.15, 0.2) is 0 Å². The van der Waals surface area contributed by atoms with Gasteiger partial charge in [-0.15, -0.1) is 0 Å². The Balaban J connectivity index is 1.90. The Morgan fingerprint density at radius 2 is 1.80 bits per heavy atom. The number of pyridine rings is 1. The van der Waals surface area contributed by atoms with E-state index in [1.165, 1.54) is 33.3 Å². The molecule has 1 unspecified atom stereocenters. The molecule has 3 heteroatoms. The molecular formula is C22H18N2O. The molecule has 0 aliphatic carbocycles. The number of hydrogen-bond acceptors (Lipinski definition) is 2. The lowest BCUT2D eigenvalue weighted by Crippen LogP contribution is -2.07. The first-order valence-corrected chi connectivity index (χ1v) is 8.50. The van der Waals surface area contributed by atoms with Crippen LogP contribution >= 0.6 is 0 Å². The Hall–Kier alpha value is -2.91. The van der Waals surface area contributed by atoms with Gasteiger partial charge in [0.2, 0.25) is 0 Å². The molecule has 1 aliphatic rings. The zero-order chi connectivity index (χ0) is 16.8. The molecule has 1 atom stereocenters. The van der Waals surface area contributed by atoms with Crippen LogP contribution in [-0.2, 0) is 11.3 Å². The predicted octanol–water partition coefficient (Wildman–Crippen LogP) is 4.80. The van der Waals surface area contributed by atoms with Crippen molar-refractivity contribution in [1.29, 1.82) is 0 Å². The van der Waals surface area contributed by atoms with Crippen molar-refractivity contribution in [2.24, 2.45) is 0 Å². The minimum Gasteiger partial charge on any atom is -0.380 e. The summed E-state index contributed by atoms with van der Waals surface area (Å²) in [5.41, 5.74) is 7.58. The fourth-order valence-electron chi connectivity index (χ4n) is 4.13. The highest BCUT2D eigenvalue weighted by Gasteiger charge is 2.33. The number of rotatable bonds is 3. The second-order valence-corrected chi connectivity index (χ2v) is 6.42. The molecule has 3 heterocycles. The molecule has 4 aromatic rings. The Kier molecular flexibility index (Phi) is 3.22. The van der Waals surface area contributed by atoms with Crippen LogP contribution in [0.1, 0.15) is 22.7 Å². The van der Waals surface area contributed by atoms with Crippen molar-refractivity contribution in [3.8, 4) is 11.3 Å². The Morgan fingerprint density at radius 3 is 2.64 bits per heavy atom. The SMILES string of the molecule is COCc1c2n(c3cnccc13)C(c1ccccc1)c1ccccc1-2. The van der Waals surface area contributed by atoms with Crippen LogP contribution in [0.2, 0.25) is 0 Å². The van der Waals surface area contributed by atoms with Crippen molar-refractivity contribution in [2.75, 3.05) is 7.11 Å². The molecule has 25 heavy (non-hydrogen) atoms. The molecule has 0 fully saturated rings. The van der Waals surface area contributed by atoms with Crippen LogP contribution in [0.3, 0.4) is 0 Å². The molecule has 2 aromatic carbocycles. The highest BCUT2D eigenvalue weighted by Crippen LogP contribution is 2.48. The van der Waals surface area contributed by atoms with Crippen molar-refractivity contribution in [1.82, 2.24) is 9.55 Å². The summed E-state index contributed by atoms with van der Waals surface area (Å²) in [5.74, 6) is 0. The lowest BCUT2D eigenvalue weighted by molar-refractivity contribution is 0.186. The van der Waals surface area contributed by atoms with Gasteiger partial charge in [-0.25, -0.2) is 0 Å². The van der Waals surface area contributed by atoms with Crippen LogP contribution < -0.4 is 0 Å². The van der Waals surface area contributed by atoms with Crippen LogP contribution in [-0.4, -0.2) is 16.7 Å². The fourth-order valence-corrected chi connectivity index (χ4v) is 4.13. The van der Waals surface area contributed by atoms with E-state index in [4.69, 9.17) is 4.74 Å². The highest BCUT2D eigenvalue weighted by atomic mass is 16.5. The molecule has 0 N–H and O–H groups in total. The van der Waals surface area contributed by atoms with Crippen molar-refractivity contribution < 1.29 is 4.74 Å². The summed E-state index contributed by atoms with van der Waals surface area (Å²) in [6.07, 6.45) is 3.83. The van der Waals surface area contributed by atoms with Gasteiger partial charge in [-0.2, -0.15) is 0 Å². The van der Waals surface area contributed by atoms with Crippen LogP contribution in [0.4, 0.5) is 0 Å². The number of hydrogen-bond donors (Lipinski definition) is 0. The zero-order valence-electron chi connectivity index (χ0n) is 14.0. The average molecular weight is 326 g/mol. The molecule has 0 spiro atoms. The number of ether oxygens (including phenoxy) is 1. The maximum atomic E-state index is 5.54. The standard InChI is InChI=1S/C22H18N2O/c1-25-14-19-16-11-12-23-13-20(16)24-21(15-7-3-2-4-8-15)17-9-5-6-10-18(17)22(19)24/h2-13,21H,14H2,1H3. The number of methoxy groups -OCH3 is 1. The van der Waals surface area contributed by atoms with Crippen LogP contribution in [0.25, 0.3) is 22.2 Å². The van der Waals surface area contributed by atoms with Crippen molar-refractivity contribution in [3.05, 3.63) is 89.7 Å². The molecule has 5 rings (SSSR count). The number of aromatic nitrogens is 2. The summed E-state index contributed by atoms with van der Waals surface area (Å²) in [7, 11) is 1.76.